The molecule has 1 saturated heterocycles. The van der Waals surface area contributed by atoms with Crippen LogP contribution in [0, 0.1) is 5.92 Å². The van der Waals surface area contributed by atoms with Gasteiger partial charge in [0.2, 0.25) is 5.91 Å². The van der Waals surface area contributed by atoms with Gasteiger partial charge in [0.05, 0.1) is 11.5 Å². The molecule has 2 N–H and O–H groups in total. The van der Waals surface area contributed by atoms with Crippen LogP contribution in [0.1, 0.15) is 36.5 Å². The van der Waals surface area contributed by atoms with Crippen LogP contribution in [-0.4, -0.2) is 56.0 Å². The summed E-state index contributed by atoms with van der Waals surface area (Å²) in [6, 6.07) is 5.94. The van der Waals surface area contributed by atoms with E-state index in [-0.39, 0.29) is 42.1 Å². The number of hydrogen-bond acceptors (Lipinski definition) is 4. The highest BCUT2D eigenvalue weighted by Crippen LogP contribution is 2.25. The molecular formula is C19H28ClF2N3O3. The van der Waals surface area contributed by atoms with Gasteiger partial charge in [-0.05, 0) is 37.9 Å². The van der Waals surface area contributed by atoms with Crippen LogP contribution < -0.4 is 15.4 Å². The van der Waals surface area contributed by atoms with Gasteiger partial charge in [0.25, 0.3) is 5.91 Å². The highest BCUT2D eigenvalue weighted by atomic mass is 35.5. The Balaban J connectivity index is 0.00000392. The van der Waals surface area contributed by atoms with Crippen LogP contribution in [-0.2, 0) is 4.79 Å². The standard InChI is InChI=1S/C19H27F2N3O3.ClH/c1-2-9-22-10-11-23-17(25)14-6-5-12-24(13-14)18(26)15-7-3-4-8-16(15)27-19(20)21;/h3-4,7-8,14,19,22H,2,5-6,9-13H2,1H3,(H,23,25);1H. The Morgan fingerprint density at radius 2 is 2.00 bits per heavy atom. The maximum Gasteiger partial charge on any atom is 0.387 e. The first-order valence-electron chi connectivity index (χ1n) is 9.34. The monoisotopic (exact) mass is 419 g/mol. The fraction of sp³-hybridized carbons (Fsp3) is 0.579. The zero-order valence-corrected chi connectivity index (χ0v) is 16.8. The Labute approximate surface area is 170 Å². The van der Waals surface area contributed by atoms with Gasteiger partial charge in [-0.1, -0.05) is 19.1 Å². The van der Waals surface area contributed by atoms with E-state index in [4.69, 9.17) is 0 Å². The van der Waals surface area contributed by atoms with E-state index in [9.17, 15) is 18.4 Å². The molecule has 1 aromatic carbocycles. The fourth-order valence-electron chi connectivity index (χ4n) is 3.11. The molecule has 1 heterocycles. The second kappa shape index (κ2) is 12.5. The van der Waals surface area contributed by atoms with Crippen LogP contribution in [0.2, 0.25) is 0 Å². The smallest absolute Gasteiger partial charge is 0.387 e. The Bertz CT molecular complexity index is 634. The third-order valence-electron chi connectivity index (χ3n) is 4.44. The summed E-state index contributed by atoms with van der Waals surface area (Å²) >= 11 is 0. The molecule has 9 heteroatoms. The number of halogens is 3. The van der Waals surface area contributed by atoms with Crippen molar-refractivity contribution in [2.75, 3.05) is 32.7 Å². The van der Waals surface area contributed by atoms with E-state index in [0.717, 1.165) is 13.0 Å². The van der Waals surface area contributed by atoms with Crippen LogP contribution >= 0.6 is 12.4 Å². The molecule has 1 fully saturated rings. The first-order chi connectivity index (χ1) is 13.0. The number of amides is 2. The summed E-state index contributed by atoms with van der Waals surface area (Å²) in [7, 11) is 0. The lowest BCUT2D eigenvalue weighted by molar-refractivity contribution is -0.126. The molecule has 0 radical (unpaired) electrons. The van der Waals surface area contributed by atoms with Crippen molar-refractivity contribution in [3.63, 3.8) is 0 Å². The summed E-state index contributed by atoms with van der Waals surface area (Å²) in [5, 5.41) is 6.09. The fourth-order valence-corrected chi connectivity index (χ4v) is 3.11. The maximum atomic E-state index is 12.8. The van der Waals surface area contributed by atoms with Crippen molar-refractivity contribution in [3.8, 4) is 5.75 Å². The van der Waals surface area contributed by atoms with Crippen LogP contribution in [0.3, 0.4) is 0 Å². The van der Waals surface area contributed by atoms with Crippen LogP contribution in [0.5, 0.6) is 5.75 Å². The molecule has 1 aliphatic heterocycles. The van der Waals surface area contributed by atoms with Gasteiger partial charge in [-0.15, -0.1) is 12.4 Å². The molecule has 1 atom stereocenters. The summed E-state index contributed by atoms with van der Waals surface area (Å²) in [6.45, 7) is 1.98. The number of carbonyl (C=O) groups excluding carboxylic acids is 2. The topological polar surface area (TPSA) is 70.7 Å². The van der Waals surface area contributed by atoms with E-state index >= 15 is 0 Å². The van der Waals surface area contributed by atoms with Crippen molar-refractivity contribution < 1.29 is 23.1 Å². The summed E-state index contributed by atoms with van der Waals surface area (Å²) in [5.74, 6) is -0.917. The number of piperidine rings is 1. The first-order valence-corrected chi connectivity index (χ1v) is 9.34. The van der Waals surface area contributed by atoms with Crippen molar-refractivity contribution in [1.29, 1.82) is 0 Å². The highest BCUT2D eigenvalue weighted by Gasteiger charge is 2.30. The third kappa shape index (κ3) is 7.24. The molecule has 2 rings (SSSR count). The number of ether oxygens (including phenoxy) is 1. The van der Waals surface area contributed by atoms with Crippen molar-refractivity contribution in [2.24, 2.45) is 5.92 Å². The van der Waals surface area contributed by atoms with Crippen LogP contribution in [0.4, 0.5) is 8.78 Å². The van der Waals surface area contributed by atoms with E-state index in [1.165, 1.54) is 23.1 Å². The van der Waals surface area contributed by atoms with Gasteiger partial charge in [0.1, 0.15) is 5.75 Å². The molecule has 6 nitrogen and oxygen atoms in total. The lowest BCUT2D eigenvalue weighted by atomic mass is 9.96. The largest absolute Gasteiger partial charge is 0.434 e. The Kier molecular flexibility index (Phi) is 10.8. The number of hydrogen-bond donors (Lipinski definition) is 2. The molecule has 0 bridgehead atoms. The van der Waals surface area contributed by atoms with Crippen molar-refractivity contribution >= 4 is 24.2 Å². The molecule has 1 aliphatic rings. The average Bonchev–Trinajstić information content (AvgIpc) is 2.67. The molecule has 0 aliphatic carbocycles. The van der Waals surface area contributed by atoms with E-state index in [0.29, 0.717) is 32.5 Å². The van der Waals surface area contributed by atoms with Gasteiger partial charge in [-0.3, -0.25) is 9.59 Å². The lowest BCUT2D eigenvalue weighted by Crippen LogP contribution is -2.46. The van der Waals surface area contributed by atoms with Gasteiger partial charge < -0.3 is 20.3 Å². The Morgan fingerprint density at radius 1 is 1.25 bits per heavy atom. The molecule has 0 spiro atoms. The van der Waals surface area contributed by atoms with Crippen molar-refractivity contribution in [3.05, 3.63) is 29.8 Å². The quantitative estimate of drug-likeness (QED) is 0.604. The summed E-state index contributed by atoms with van der Waals surface area (Å²) < 4.78 is 29.6. The van der Waals surface area contributed by atoms with E-state index < -0.39 is 12.5 Å². The first kappa shape index (κ1) is 24.1. The van der Waals surface area contributed by atoms with E-state index in [1.807, 2.05) is 0 Å². The zero-order chi connectivity index (χ0) is 19.6. The summed E-state index contributed by atoms with van der Waals surface area (Å²) in [5.41, 5.74) is 0.0858. The average molecular weight is 420 g/mol. The highest BCUT2D eigenvalue weighted by molar-refractivity contribution is 5.97. The van der Waals surface area contributed by atoms with Crippen molar-refractivity contribution in [1.82, 2.24) is 15.5 Å². The molecule has 28 heavy (non-hydrogen) atoms. The molecule has 1 unspecified atom stereocenters. The maximum absolute atomic E-state index is 12.8. The SMILES string of the molecule is CCCNCCNC(=O)C1CCCN(C(=O)c2ccccc2OC(F)F)C1.Cl. The number of carbonyl (C=O) groups is 2. The number of nitrogens with one attached hydrogen (secondary N) is 2. The van der Waals surface area contributed by atoms with E-state index in [2.05, 4.69) is 22.3 Å². The molecule has 0 saturated carbocycles. The van der Waals surface area contributed by atoms with Gasteiger partial charge in [-0.2, -0.15) is 8.78 Å². The minimum absolute atomic E-state index is 0. The predicted molar refractivity (Wildman–Crippen MR) is 105 cm³/mol. The number of alkyl halides is 2. The van der Waals surface area contributed by atoms with Crippen LogP contribution in [0.15, 0.2) is 24.3 Å². The number of likely N-dealkylation sites (tertiary alicyclic amines) is 1. The van der Waals surface area contributed by atoms with Crippen LogP contribution in [0.25, 0.3) is 0 Å². The minimum Gasteiger partial charge on any atom is -0.434 e. The second-order valence-corrected chi connectivity index (χ2v) is 6.51. The van der Waals surface area contributed by atoms with E-state index in [1.54, 1.807) is 6.07 Å². The van der Waals surface area contributed by atoms with Gasteiger partial charge >= 0.3 is 6.61 Å². The molecule has 1 aromatic rings. The summed E-state index contributed by atoms with van der Waals surface area (Å²) in [4.78, 5) is 26.6. The molecule has 158 valence electrons. The Morgan fingerprint density at radius 3 is 2.71 bits per heavy atom. The Hall–Kier alpha value is -1.93. The number of rotatable bonds is 9. The van der Waals surface area contributed by atoms with Gasteiger partial charge in [-0.25, -0.2) is 0 Å². The summed E-state index contributed by atoms with van der Waals surface area (Å²) in [6.07, 6.45) is 2.42. The van der Waals surface area contributed by atoms with Gasteiger partial charge in [0.15, 0.2) is 0 Å². The molecule has 2 amide bonds. The predicted octanol–water partition coefficient (Wildman–Crippen LogP) is 2.68. The molecule has 0 aromatic heterocycles. The van der Waals surface area contributed by atoms with Gasteiger partial charge in [0, 0.05) is 26.2 Å². The second-order valence-electron chi connectivity index (χ2n) is 6.51. The lowest BCUT2D eigenvalue weighted by Gasteiger charge is -2.32. The third-order valence-corrected chi connectivity index (χ3v) is 4.44. The van der Waals surface area contributed by atoms with Crippen molar-refractivity contribution in [2.45, 2.75) is 32.8 Å². The number of benzene rings is 1. The normalized spacial score (nSPS) is 16.4. The molecular weight excluding hydrogens is 392 g/mol. The number of para-hydroxylation sites is 1. The minimum atomic E-state index is -3.00. The number of nitrogens with zero attached hydrogens (tertiary/aromatic N) is 1. The zero-order valence-electron chi connectivity index (χ0n) is 16.0.